The molecular formula is C27H47N3O. The number of hydrogen-bond donors (Lipinski definition) is 3. The molecular weight excluding hydrogens is 382 g/mol. The van der Waals surface area contributed by atoms with Gasteiger partial charge >= 0.3 is 0 Å². The molecule has 1 atom stereocenters. The van der Waals surface area contributed by atoms with E-state index >= 15 is 0 Å². The highest BCUT2D eigenvalue weighted by atomic mass is 16.5. The first kappa shape index (κ1) is 29.0. The van der Waals surface area contributed by atoms with Crippen molar-refractivity contribution in [2.75, 3.05) is 26.8 Å². The maximum Gasteiger partial charge on any atom is 0.0859 e. The molecule has 1 unspecified atom stereocenters. The summed E-state index contributed by atoms with van der Waals surface area (Å²) in [5.41, 5.74) is 2.77. The van der Waals surface area contributed by atoms with Gasteiger partial charge in [-0.25, -0.2) is 0 Å². The SMILES string of the molecule is C=C/C=C(\C=C)NC(=C)COCCCCCCC/C=C\CCCCNC(C)C(=C)NC. The van der Waals surface area contributed by atoms with Crippen molar-refractivity contribution in [3.05, 3.63) is 73.8 Å². The van der Waals surface area contributed by atoms with Crippen LogP contribution in [0.5, 0.6) is 0 Å². The maximum atomic E-state index is 5.68. The summed E-state index contributed by atoms with van der Waals surface area (Å²) in [5, 5.41) is 9.75. The summed E-state index contributed by atoms with van der Waals surface area (Å²) in [6.45, 7) is 19.9. The molecule has 0 bridgehead atoms. The predicted octanol–water partition coefficient (Wildman–Crippen LogP) is 6.14. The van der Waals surface area contributed by atoms with Crippen LogP contribution in [0.3, 0.4) is 0 Å². The normalized spacial score (nSPS) is 12.5. The Hall–Kier alpha value is -2.04. The summed E-state index contributed by atoms with van der Waals surface area (Å²) >= 11 is 0. The number of likely N-dealkylation sites (N-methyl/N-ethyl adjacent to an activating group) is 1. The highest BCUT2D eigenvalue weighted by molar-refractivity contribution is 5.23. The van der Waals surface area contributed by atoms with Crippen molar-refractivity contribution in [1.29, 1.82) is 0 Å². The number of rotatable bonds is 22. The van der Waals surface area contributed by atoms with Crippen LogP contribution in [0.15, 0.2) is 73.8 Å². The van der Waals surface area contributed by atoms with Crippen molar-refractivity contribution in [1.82, 2.24) is 16.0 Å². The van der Waals surface area contributed by atoms with E-state index in [1.165, 1.54) is 51.4 Å². The van der Waals surface area contributed by atoms with Crippen LogP contribution in [0.4, 0.5) is 0 Å². The highest BCUT2D eigenvalue weighted by Crippen LogP contribution is 2.07. The van der Waals surface area contributed by atoms with E-state index in [0.29, 0.717) is 12.6 Å². The number of hydrogen-bond acceptors (Lipinski definition) is 4. The molecule has 0 radical (unpaired) electrons. The third kappa shape index (κ3) is 18.4. The molecule has 0 rings (SSSR count). The Kier molecular flexibility index (Phi) is 19.8. The van der Waals surface area contributed by atoms with Crippen LogP contribution in [0.2, 0.25) is 0 Å². The second kappa shape index (κ2) is 21.2. The second-order valence-electron chi connectivity index (χ2n) is 7.82. The molecule has 0 aliphatic heterocycles. The molecule has 0 amide bonds. The fourth-order valence-electron chi connectivity index (χ4n) is 3.00. The average Bonchev–Trinajstić information content (AvgIpc) is 2.77. The van der Waals surface area contributed by atoms with Crippen LogP contribution in [-0.4, -0.2) is 32.8 Å². The van der Waals surface area contributed by atoms with Crippen LogP contribution < -0.4 is 16.0 Å². The molecule has 0 spiro atoms. The van der Waals surface area contributed by atoms with Crippen molar-refractivity contribution >= 4 is 0 Å². The van der Waals surface area contributed by atoms with Crippen molar-refractivity contribution in [3.8, 4) is 0 Å². The largest absolute Gasteiger partial charge is 0.391 e. The Labute approximate surface area is 192 Å². The van der Waals surface area contributed by atoms with Crippen molar-refractivity contribution < 1.29 is 4.74 Å². The zero-order valence-corrected chi connectivity index (χ0v) is 20.2. The fourth-order valence-corrected chi connectivity index (χ4v) is 3.00. The summed E-state index contributed by atoms with van der Waals surface area (Å²) in [6, 6.07) is 0.332. The van der Waals surface area contributed by atoms with E-state index in [9.17, 15) is 0 Å². The Balaban J connectivity index is 3.42. The van der Waals surface area contributed by atoms with Crippen molar-refractivity contribution in [3.63, 3.8) is 0 Å². The van der Waals surface area contributed by atoms with E-state index in [2.05, 4.69) is 61.3 Å². The first-order valence-corrected chi connectivity index (χ1v) is 11.8. The zero-order valence-electron chi connectivity index (χ0n) is 20.2. The molecule has 0 fully saturated rings. The van der Waals surface area contributed by atoms with E-state index in [-0.39, 0.29) is 0 Å². The lowest BCUT2D eigenvalue weighted by molar-refractivity contribution is 0.148. The second-order valence-corrected chi connectivity index (χ2v) is 7.82. The minimum Gasteiger partial charge on any atom is -0.391 e. The molecule has 0 aliphatic rings. The summed E-state index contributed by atoms with van der Waals surface area (Å²) in [5.74, 6) is 0. The number of allylic oxidation sites excluding steroid dienone is 5. The highest BCUT2D eigenvalue weighted by Gasteiger charge is 2.02. The minimum atomic E-state index is 0.332. The quantitative estimate of drug-likeness (QED) is 0.110. The third-order valence-corrected chi connectivity index (χ3v) is 5.03. The van der Waals surface area contributed by atoms with Crippen LogP contribution in [0.25, 0.3) is 0 Å². The van der Waals surface area contributed by atoms with E-state index in [1.54, 1.807) is 12.2 Å². The van der Waals surface area contributed by atoms with E-state index in [0.717, 1.165) is 36.7 Å². The molecule has 0 heterocycles. The molecule has 0 saturated carbocycles. The van der Waals surface area contributed by atoms with E-state index < -0.39 is 0 Å². The van der Waals surface area contributed by atoms with Crippen LogP contribution >= 0.6 is 0 Å². The number of unbranched alkanes of at least 4 members (excludes halogenated alkanes) is 7. The van der Waals surface area contributed by atoms with Crippen molar-refractivity contribution in [2.24, 2.45) is 0 Å². The maximum absolute atomic E-state index is 5.68. The van der Waals surface area contributed by atoms with Gasteiger partial charge in [0.25, 0.3) is 0 Å². The van der Waals surface area contributed by atoms with Gasteiger partial charge in [-0.15, -0.1) is 0 Å². The molecule has 4 nitrogen and oxygen atoms in total. The molecule has 0 aliphatic carbocycles. The van der Waals surface area contributed by atoms with Gasteiger partial charge in [-0.3, -0.25) is 0 Å². The molecule has 176 valence electrons. The predicted molar refractivity (Wildman–Crippen MR) is 138 cm³/mol. The van der Waals surface area contributed by atoms with Crippen LogP contribution in [-0.2, 0) is 4.74 Å². The molecule has 0 aromatic heterocycles. The van der Waals surface area contributed by atoms with Gasteiger partial charge in [-0.2, -0.15) is 0 Å². The Morgan fingerprint density at radius 1 is 0.935 bits per heavy atom. The Bertz CT molecular complexity index is 563. The van der Waals surface area contributed by atoms with Gasteiger partial charge in [0, 0.05) is 36.8 Å². The van der Waals surface area contributed by atoms with Gasteiger partial charge in [-0.1, -0.05) is 63.8 Å². The Morgan fingerprint density at radius 2 is 1.58 bits per heavy atom. The lowest BCUT2D eigenvalue weighted by Crippen LogP contribution is -2.32. The lowest BCUT2D eigenvalue weighted by atomic mass is 10.1. The smallest absolute Gasteiger partial charge is 0.0859 e. The third-order valence-electron chi connectivity index (χ3n) is 5.03. The first-order valence-electron chi connectivity index (χ1n) is 11.8. The van der Waals surface area contributed by atoms with E-state index in [1.807, 2.05) is 13.1 Å². The number of ether oxygens (including phenoxy) is 1. The fraction of sp³-hybridized carbons (Fsp3) is 0.556. The monoisotopic (exact) mass is 429 g/mol. The summed E-state index contributed by atoms with van der Waals surface area (Å²) in [7, 11) is 1.92. The van der Waals surface area contributed by atoms with Gasteiger partial charge in [0.2, 0.25) is 0 Å². The van der Waals surface area contributed by atoms with Crippen LogP contribution in [0.1, 0.15) is 64.7 Å². The summed E-state index contributed by atoms with van der Waals surface area (Å²) < 4.78 is 5.68. The molecule has 4 heteroatoms. The van der Waals surface area contributed by atoms with Gasteiger partial charge < -0.3 is 20.7 Å². The molecule has 0 aromatic rings. The van der Waals surface area contributed by atoms with Gasteiger partial charge in [0.05, 0.1) is 6.61 Å². The summed E-state index contributed by atoms with van der Waals surface area (Å²) in [6.07, 6.45) is 21.0. The molecule has 0 saturated heterocycles. The lowest BCUT2D eigenvalue weighted by Gasteiger charge is -2.15. The standard InChI is InChI=1S/C27H47N3O/c1-7-20-27(8-2)30-24(3)23-31-22-19-17-15-13-11-9-10-12-14-16-18-21-29-26(5)25(4)28-6/h7-8,10,12,20,26,28-30H,1-4,9,11,13-19,21-23H2,5-6H3/b12-10-,27-20+. The minimum absolute atomic E-state index is 0.332. The van der Waals surface area contributed by atoms with Crippen molar-refractivity contribution in [2.45, 2.75) is 70.8 Å². The summed E-state index contributed by atoms with van der Waals surface area (Å²) in [4.78, 5) is 0. The first-order chi connectivity index (χ1) is 15.0. The zero-order chi connectivity index (χ0) is 23.2. The van der Waals surface area contributed by atoms with E-state index in [4.69, 9.17) is 4.74 Å². The van der Waals surface area contributed by atoms with Gasteiger partial charge in [-0.05, 0) is 64.1 Å². The molecule has 3 N–H and O–H groups in total. The number of nitrogens with one attached hydrogen (secondary N) is 3. The van der Waals surface area contributed by atoms with Crippen LogP contribution in [0, 0.1) is 0 Å². The average molecular weight is 430 g/mol. The Morgan fingerprint density at radius 3 is 2.23 bits per heavy atom. The van der Waals surface area contributed by atoms with Gasteiger partial charge in [0.1, 0.15) is 0 Å². The molecule has 0 aromatic carbocycles. The molecule has 31 heavy (non-hydrogen) atoms. The van der Waals surface area contributed by atoms with Gasteiger partial charge in [0.15, 0.2) is 0 Å². The topological polar surface area (TPSA) is 45.3 Å².